The molecule has 18 heavy (non-hydrogen) atoms. The molecular weight excluding hydrogens is 224 g/mol. The quantitative estimate of drug-likeness (QED) is 0.610. The molecule has 0 heterocycles. The summed E-state index contributed by atoms with van der Waals surface area (Å²) < 4.78 is 0. The van der Waals surface area contributed by atoms with Gasteiger partial charge in [-0.25, -0.2) is 0 Å². The van der Waals surface area contributed by atoms with Crippen molar-refractivity contribution < 1.29 is 9.59 Å². The summed E-state index contributed by atoms with van der Waals surface area (Å²) in [6.45, 7) is 8.43. The van der Waals surface area contributed by atoms with E-state index in [-0.39, 0.29) is 11.3 Å². The van der Waals surface area contributed by atoms with E-state index >= 15 is 0 Å². The van der Waals surface area contributed by atoms with Crippen LogP contribution in [0.25, 0.3) is 0 Å². The third-order valence-corrected chi connectivity index (χ3v) is 3.85. The zero-order valence-electron chi connectivity index (χ0n) is 12.2. The summed E-state index contributed by atoms with van der Waals surface area (Å²) in [5.41, 5.74) is 0.192. The monoisotopic (exact) mass is 250 g/mol. The van der Waals surface area contributed by atoms with Crippen LogP contribution in [-0.4, -0.2) is 11.6 Å². The number of carbonyl (C=O) groups excluding carboxylic acids is 2. The van der Waals surface area contributed by atoms with Crippen LogP contribution in [0.3, 0.4) is 0 Å². The molecule has 2 atom stereocenters. The molecular formula is C16H26O2. The third-order valence-electron chi connectivity index (χ3n) is 3.85. The second-order valence-corrected chi connectivity index (χ2v) is 6.52. The standard InChI is InChI=1S/C10H18O.C6H8O/c1-10(2,3)8-6-4-5-7-9(8)11;1-5-3-2-4-6(5)7/h8H,4-7H2,1-3H3;2-3,5H,4H2,1H3. The fraction of sp³-hybridized carbons (Fsp3) is 0.750. The minimum absolute atomic E-state index is 0.192. The zero-order valence-corrected chi connectivity index (χ0v) is 12.2. The fourth-order valence-electron chi connectivity index (χ4n) is 2.58. The van der Waals surface area contributed by atoms with Crippen molar-refractivity contribution in [2.45, 2.75) is 59.8 Å². The van der Waals surface area contributed by atoms with Crippen LogP contribution in [0.15, 0.2) is 12.2 Å². The third kappa shape index (κ3) is 4.40. The normalized spacial score (nSPS) is 28.0. The predicted molar refractivity (Wildman–Crippen MR) is 74.3 cm³/mol. The van der Waals surface area contributed by atoms with Gasteiger partial charge in [0, 0.05) is 24.7 Å². The Morgan fingerprint density at radius 1 is 1.11 bits per heavy atom. The summed E-state index contributed by atoms with van der Waals surface area (Å²) >= 11 is 0. The average Bonchev–Trinajstić information content (AvgIpc) is 2.63. The molecule has 2 aliphatic carbocycles. The van der Waals surface area contributed by atoms with Crippen molar-refractivity contribution in [1.29, 1.82) is 0 Å². The van der Waals surface area contributed by atoms with Crippen molar-refractivity contribution in [2.24, 2.45) is 17.3 Å². The molecule has 2 aliphatic rings. The topological polar surface area (TPSA) is 34.1 Å². The lowest BCUT2D eigenvalue weighted by Crippen LogP contribution is -2.30. The maximum atomic E-state index is 11.4. The van der Waals surface area contributed by atoms with Crippen LogP contribution in [-0.2, 0) is 9.59 Å². The Labute approximate surface area is 111 Å². The number of hydrogen-bond donors (Lipinski definition) is 0. The molecule has 0 bridgehead atoms. The highest BCUT2D eigenvalue weighted by molar-refractivity contribution is 5.86. The Balaban J connectivity index is 0.000000199. The average molecular weight is 250 g/mol. The number of allylic oxidation sites excluding steroid dienone is 2. The van der Waals surface area contributed by atoms with E-state index in [4.69, 9.17) is 0 Å². The van der Waals surface area contributed by atoms with E-state index in [1.165, 1.54) is 6.42 Å². The molecule has 0 aliphatic heterocycles. The van der Waals surface area contributed by atoms with E-state index < -0.39 is 0 Å². The number of rotatable bonds is 0. The van der Waals surface area contributed by atoms with E-state index in [0.717, 1.165) is 19.3 Å². The van der Waals surface area contributed by atoms with Crippen LogP contribution in [0.2, 0.25) is 0 Å². The second-order valence-electron chi connectivity index (χ2n) is 6.52. The summed E-state index contributed by atoms with van der Waals surface area (Å²) in [5.74, 6) is 1.36. The van der Waals surface area contributed by atoms with Gasteiger partial charge in [0.2, 0.25) is 0 Å². The van der Waals surface area contributed by atoms with Crippen LogP contribution in [0.4, 0.5) is 0 Å². The Hall–Kier alpha value is -0.920. The highest BCUT2D eigenvalue weighted by atomic mass is 16.1. The second kappa shape index (κ2) is 6.31. The highest BCUT2D eigenvalue weighted by Gasteiger charge is 2.32. The van der Waals surface area contributed by atoms with Gasteiger partial charge in [-0.3, -0.25) is 9.59 Å². The molecule has 1 fully saturated rings. The minimum atomic E-state index is 0.192. The minimum Gasteiger partial charge on any atom is -0.299 e. The van der Waals surface area contributed by atoms with Gasteiger partial charge in [0.1, 0.15) is 11.6 Å². The summed E-state index contributed by atoms with van der Waals surface area (Å²) in [6.07, 6.45) is 8.82. The van der Waals surface area contributed by atoms with Gasteiger partial charge in [-0.1, -0.05) is 46.3 Å². The van der Waals surface area contributed by atoms with Crippen molar-refractivity contribution >= 4 is 11.6 Å². The molecule has 0 radical (unpaired) electrons. The van der Waals surface area contributed by atoms with E-state index in [2.05, 4.69) is 20.8 Å². The molecule has 2 unspecified atom stereocenters. The lowest BCUT2D eigenvalue weighted by Gasteiger charge is -2.32. The number of carbonyl (C=O) groups is 2. The lowest BCUT2D eigenvalue weighted by atomic mass is 9.72. The molecule has 0 N–H and O–H groups in total. The maximum Gasteiger partial charge on any atom is 0.143 e. The molecule has 2 heteroatoms. The molecule has 0 saturated heterocycles. The molecule has 0 aromatic carbocycles. The fourth-order valence-corrected chi connectivity index (χ4v) is 2.58. The molecule has 1 saturated carbocycles. The maximum absolute atomic E-state index is 11.4. The van der Waals surface area contributed by atoms with Gasteiger partial charge in [-0.2, -0.15) is 0 Å². The largest absolute Gasteiger partial charge is 0.299 e. The lowest BCUT2D eigenvalue weighted by molar-refractivity contribution is -0.128. The SMILES string of the molecule is CC(C)(C)C1CCCCC1=O.CC1C=CCC1=O. The van der Waals surface area contributed by atoms with Gasteiger partial charge in [0.15, 0.2) is 0 Å². The van der Waals surface area contributed by atoms with Crippen LogP contribution in [0, 0.1) is 17.3 Å². The summed E-state index contributed by atoms with van der Waals surface area (Å²) in [5, 5.41) is 0. The first-order valence-electron chi connectivity index (χ1n) is 7.04. The molecule has 2 nitrogen and oxygen atoms in total. The van der Waals surface area contributed by atoms with Crippen molar-refractivity contribution in [3.05, 3.63) is 12.2 Å². The molecule has 0 spiro atoms. The first-order chi connectivity index (χ1) is 8.32. The number of hydrogen-bond acceptors (Lipinski definition) is 2. The van der Waals surface area contributed by atoms with Gasteiger partial charge >= 0.3 is 0 Å². The molecule has 0 amide bonds. The highest BCUT2D eigenvalue weighted by Crippen LogP contribution is 2.35. The molecule has 2 rings (SSSR count). The van der Waals surface area contributed by atoms with E-state index in [0.29, 0.717) is 23.9 Å². The Kier molecular flexibility index (Phi) is 5.30. The first-order valence-corrected chi connectivity index (χ1v) is 7.04. The smallest absolute Gasteiger partial charge is 0.143 e. The van der Waals surface area contributed by atoms with Gasteiger partial charge in [0.25, 0.3) is 0 Å². The van der Waals surface area contributed by atoms with Crippen molar-refractivity contribution in [3.63, 3.8) is 0 Å². The van der Waals surface area contributed by atoms with Crippen molar-refractivity contribution in [3.8, 4) is 0 Å². The van der Waals surface area contributed by atoms with E-state index in [1.807, 2.05) is 19.1 Å². The number of ketones is 2. The van der Waals surface area contributed by atoms with Crippen LogP contribution in [0.1, 0.15) is 59.8 Å². The first kappa shape index (κ1) is 15.1. The Bertz CT molecular complexity index is 333. The summed E-state index contributed by atoms with van der Waals surface area (Å²) in [4.78, 5) is 22.0. The predicted octanol–water partition coefficient (Wildman–Crippen LogP) is 3.94. The Morgan fingerprint density at radius 3 is 2.06 bits per heavy atom. The summed E-state index contributed by atoms with van der Waals surface area (Å²) in [6, 6.07) is 0. The van der Waals surface area contributed by atoms with Gasteiger partial charge in [-0.15, -0.1) is 0 Å². The van der Waals surface area contributed by atoms with Gasteiger partial charge < -0.3 is 0 Å². The van der Waals surface area contributed by atoms with Crippen LogP contribution < -0.4 is 0 Å². The Morgan fingerprint density at radius 2 is 1.78 bits per heavy atom. The molecule has 102 valence electrons. The zero-order chi connectivity index (χ0) is 13.8. The van der Waals surface area contributed by atoms with Crippen LogP contribution >= 0.6 is 0 Å². The van der Waals surface area contributed by atoms with Crippen LogP contribution in [0.5, 0.6) is 0 Å². The van der Waals surface area contributed by atoms with Gasteiger partial charge in [0.05, 0.1) is 0 Å². The van der Waals surface area contributed by atoms with E-state index in [9.17, 15) is 9.59 Å². The summed E-state index contributed by atoms with van der Waals surface area (Å²) in [7, 11) is 0. The van der Waals surface area contributed by atoms with Crippen molar-refractivity contribution in [2.75, 3.05) is 0 Å². The van der Waals surface area contributed by atoms with Crippen molar-refractivity contribution in [1.82, 2.24) is 0 Å². The van der Waals surface area contributed by atoms with Gasteiger partial charge in [-0.05, 0) is 18.3 Å². The molecule has 0 aromatic rings. The van der Waals surface area contributed by atoms with E-state index in [1.54, 1.807) is 0 Å². The molecule has 0 aromatic heterocycles. The number of Topliss-reactive ketones (excluding diaryl/α,β-unsaturated/α-hetero) is 2.